The molecule has 144 valence electrons. The summed E-state index contributed by atoms with van der Waals surface area (Å²) in [5, 5.41) is 3.47. The Labute approximate surface area is 152 Å². The highest BCUT2D eigenvalue weighted by atomic mass is 16.5. The van der Waals surface area contributed by atoms with Crippen LogP contribution in [-0.4, -0.2) is 99.7 Å². The van der Waals surface area contributed by atoms with Gasteiger partial charge in [0, 0.05) is 52.8 Å². The van der Waals surface area contributed by atoms with Crippen molar-refractivity contribution in [2.75, 3.05) is 67.1 Å². The lowest BCUT2D eigenvalue weighted by atomic mass is 10.1. The maximum absolute atomic E-state index is 11.9. The zero-order valence-corrected chi connectivity index (χ0v) is 16.3. The molecule has 0 aliphatic carbocycles. The number of carbonyl (C=O) groups excluding carboxylic acids is 1. The predicted octanol–water partition coefficient (Wildman–Crippen LogP) is 0.473. The largest absolute Gasteiger partial charge is 0.381 e. The summed E-state index contributed by atoms with van der Waals surface area (Å²) in [6.45, 7) is 8.14. The van der Waals surface area contributed by atoms with Gasteiger partial charge in [-0.15, -0.1) is 0 Å². The van der Waals surface area contributed by atoms with Crippen LogP contribution in [0.15, 0.2) is 4.99 Å². The Morgan fingerprint density at radius 2 is 2.12 bits per heavy atom. The Morgan fingerprint density at radius 1 is 1.32 bits per heavy atom. The Morgan fingerprint density at radius 3 is 2.76 bits per heavy atom. The van der Waals surface area contributed by atoms with Crippen molar-refractivity contribution < 1.29 is 9.53 Å². The van der Waals surface area contributed by atoms with Gasteiger partial charge in [-0.1, -0.05) is 6.92 Å². The summed E-state index contributed by atoms with van der Waals surface area (Å²) in [4.78, 5) is 22.8. The predicted molar refractivity (Wildman–Crippen MR) is 101 cm³/mol. The fraction of sp³-hybridized carbons (Fsp3) is 0.889. The zero-order valence-electron chi connectivity index (χ0n) is 16.3. The molecule has 0 radical (unpaired) electrons. The first-order valence-electron chi connectivity index (χ1n) is 9.52. The second kappa shape index (κ2) is 9.97. The second-order valence-corrected chi connectivity index (χ2v) is 7.34. The minimum Gasteiger partial charge on any atom is -0.381 e. The molecular weight excluding hydrogens is 318 g/mol. The Kier molecular flexibility index (Phi) is 7.96. The molecule has 2 aliphatic heterocycles. The van der Waals surface area contributed by atoms with E-state index >= 15 is 0 Å². The molecule has 1 amide bonds. The Hall–Kier alpha value is -1.34. The Bertz CT molecular complexity index is 449. The SMILES string of the molecule is CCN1CCCC1CN(C)C(=NCC(=O)N(C)C)NCC1CCOC1. The molecular formula is C18H35N5O2. The van der Waals surface area contributed by atoms with E-state index in [-0.39, 0.29) is 12.5 Å². The van der Waals surface area contributed by atoms with Crippen LogP contribution in [0.2, 0.25) is 0 Å². The summed E-state index contributed by atoms with van der Waals surface area (Å²) in [6, 6.07) is 0.571. The lowest BCUT2D eigenvalue weighted by Gasteiger charge is -2.30. The van der Waals surface area contributed by atoms with Crippen LogP contribution in [0.4, 0.5) is 0 Å². The Balaban J connectivity index is 1.95. The van der Waals surface area contributed by atoms with Crippen molar-refractivity contribution in [3.05, 3.63) is 0 Å². The minimum atomic E-state index is 0.0213. The fourth-order valence-corrected chi connectivity index (χ4v) is 3.50. The molecule has 7 nitrogen and oxygen atoms in total. The molecule has 0 saturated carbocycles. The van der Waals surface area contributed by atoms with Crippen molar-refractivity contribution >= 4 is 11.9 Å². The van der Waals surface area contributed by atoms with Crippen LogP contribution in [0.5, 0.6) is 0 Å². The number of likely N-dealkylation sites (tertiary alicyclic amines) is 1. The third kappa shape index (κ3) is 6.15. The third-order valence-electron chi connectivity index (χ3n) is 5.19. The summed E-state index contributed by atoms with van der Waals surface area (Å²) in [5.74, 6) is 1.37. The molecule has 2 aliphatic rings. The van der Waals surface area contributed by atoms with Crippen molar-refractivity contribution in [3.8, 4) is 0 Å². The minimum absolute atomic E-state index is 0.0213. The molecule has 25 heavy (non-hydrogen) atoms. The molecule has 2 fully saturated rings. The van der Waals surface area contributed by atoms with E-state index in [1.165, 1.54) is 19.4 Å². The number of hydrogen-bond acceptors (Lipinski definition) is 4. The molecule has 0 spiro atoms. The maximum Gasteiger partial charge on any atom is 0.243 e. The van der Waals surface area contributed by atoms with Crippen LogP contribution in [0.25, 0.3) is 0 Å². The standard InChI is InChI=1S/C18H35N5O2/c1-5-23-9-6-7-16(23)13-22(4)18(20-12-17(24)21(2)3)19-11-15-8-10-25-14-15/h15-16H,5-14H2,1-4H3,(H,19,20). The first-order chi connectivity index (χ1) is 12.0. The quantitative estimate of drug-likeness (QED) is 0.533. The van der Waals surface area contributed by atoms with Crippen LogP contribution in [-0.2, 0) is 9.53 Å². The average Bonchev–Trinajstić information content (AvgIpc) is 3.25. The van der Waals surface area contributed by atoms with Crippen molar-refractivity contribution in [2.24, 2.45) is 10.9 Å². The van der Waals surface area contributed by atoms with E-state index < -0.39 is 0 Å². The lowest BCUT2D eigenvalue weighted by Crippen LogP contribution is -2.47. The van der Waals surface area contributed by atoms with Crippen molar-refractivity contribution in [2.45, 2.75) is 32.2 Å². The number of guanidine groups is 1. The summed E-state index contributed by atoms with van der Waals surface area (Å²) in [6.07, 6.45) is 3.59. The highest BCUT2D eigenvalue weighted by Gasteiger charge is 2.25. The molecule has 7 heteroatoms. The number of hydrogen-bond donors (Lipinski definition) is 1. The van der Waals surface area contributed by atoms with E-state index in [0.29, 0.717) is 12.0 Å². The third-order valence-corrected chi connectivity index (χ3v) is 5.19. The number of rotatable bonds is 7. The molecule has 1 N–H and O–H groups in total. The van der Waals surface area contributed by atoms with Crippen LogP contribution in [0.3, 0.4) is 0 Å². The van der Waals surface area contributed by atoms with Crippen molar-refractivity contribution in [1.29, 1.82) is 0 Å². The van der Waals surface area contributed by atoms with Gasteiger partial charge >= 0.3 is 0 Å². The van der Waals surface area contributed by atoms with Gasteiger partial charge in [-0.2, -0.15) is 0 Å². The molecule has 0 bridgehead atoms. The second-order valence-electron chi connectivity index (χ2n) is 7.34. The lowest BCUT2D eigenvalue weighted by molar-refractivity contribution is -0.127. The molecule has 2 unspecified atom stereocenters. The first kappa shape index (κ1) is 20.0. The summed E-state index contributed by atoms with van der Waals surface area (Å²) in [5.41, 5.74) is 0. The van der Waals surface area contributed by atoms with E-state index in [2.05, 4.69) is 34.1 Å². The van der Waals surface area contributed by atoms with Crippen molar-refractivity contribution in [1.82, 2.24) is 20.0 Å². The van der Waals surface area contributed by atoms with Gasteiger partial charge in [-0.25, -0.2) is 4.99 Å². The van der Waals surface area contributed by atoms with Gasteiger partial charge in [0.2, 0.25) is 5.91 Å². The zero-order chi connectivity index (χ0) is 18.2. The van der Waals surface area contributed by atoms with Crippen molar-refractivity contribution in [3.63, 3.8) is 0 Å². The van der Waals surface area contributed by atoms with Gasteiger partial charge < -0.3 is 19.9 Å². The highest BCUT2D eigenvalue weighted by molar-refractivity contribution is 5.84. The van der Waals surface area contributed by atoms with Crippen LogP contribution in [0, 0.1) is 5.92 Å². The van der Waals surface area contributed by atoms with E-state index in [4.69, 9.17) is 4.74 Å². The first-order valence-corrected chi connectivity index (χ1v) is 9.52. The van der Waals surface area contributed by atoms with Crippen LogP contribution >= 0.6 is 0 Å². The monoisotopic (exact) mass is 353 g/mol. The number of nitrogens with one attached hydrogen (secondary N) is 1. The number of likely N-dealkylation sites (N-methyl/N-ethyl adjacent to an activating group) is 3. The van der Waals surface area contributed by atoms with Crippen LogP contribution < -0.4 is 5.32 Å². The van der Waals surface area contributed by atoms with Gasteiger partial charge in [0.25, 0.3) is 0 Å². The van der Waals surface area contributed by atoms with Crippen LogP contribution in [0.1, 0.15) is 26.2 Å². The molecule has 2 saturated heterocycles. The van der Waals surface area contributed by atoms with E-state index in [0.717, 1.165) is 45.2 Å². The van der Waals surface area contributed by atoms with Gasteiger partial charge in [-0.3, -0.25) is 9.69 Å². The van der Waals surface area contributed by atoms with Gasteiger partial charge in [0.15, 0.2) is 5.96 Å². The number of carbonyl (C=O) groups is 1. The number of nitrogens with zero attached hydrogens (tertiary/aromatic N) is 4. The molecule has 0 aromatic carbocycles. The summed E-state index contributed by atoms with van der Waals surface area (Å²) >= 11 is 0. The number of aliphatic imine (C=N–C) groups is 1. The normalized spacial score (nSPS) is 24.6. The molecule has 2 heterocycles. The highest BCUT2D eigenvalue weighted by Crippen LogP contribution is 2.17. The topological polar surface area (TPSA) is 60.4 Å². The smallest absolute Gasteiger partial charge is 0.243 e. The molecule has 0 aromatic heterocycles. The van der Waals surface area contributed by atoms with E-state index in [1.54, 1.807) is 19.0 Å². The van der Waals surface area contributed by atoms with Gasteiger partial charge in [0.1, 0.15) is 6.54 Å². The number of ether oxygens (including phenoxy) is 1. The summed E-state index contributed by atoms with van der Waals surface area (Å²) < 4.78 is 5.45. The maximum atomic E-state index is 11.9. The number of amides is 1. The van der Waals surface area contributed by atoms with Gasteiger partial charge in [0.05, 0.1) is 6.61 Å². The average molecular weight is 354 g/mol. The molecule has 0 aromatic rings. The molecule has 2 atom stereocenters. The van der Waals surface area contributed by atoms with Gasteiger partial charge in [-0.05, 0) is 32.4 Å². The summed E-state index contributed by atoms with van der Waals surface area (Å²) in [7, 11) is 5.60. The van der Waals surface area contributed by atoms with E-state index in [1.807, 2.05) is 0 Å². The molecule has 2 rings (SSSR count). The van der Waals surface area contributed by atoms with E-state index in [9.17, 15) is 4.79 Å². The fourth-order valence-electron chi connectivity index (χ4n) is 3.50.